The molecule has 0 aliphatic heterocycles. The number of rotatable bonds is 4. The Bertz CT molecular complexity index is 336. The summed E-state index contributed by atoms with van der Waals surface area (Å²) in [6, 6.07) is 0. The maximum atomic E-state index is 10.6. The Morgan fingerprint density at radius 2 is 2.43 bits per heavy atom. The molecule has 14 heavy (non-hydrogen) atoms. The molecule has 0 fully saturated rings. The molecule has 0 spiro atoms. The lowest BCUT2D eigenvalue weighted by Crippen LogP contribution is -2.22. The van der Waals surface area contributed by atoms with Crippen LogP contribution in [0.25, 0.3) is 0 Å². The standard InChI is InChI=1S/C7H12N4O3/c1-9(3-4-12)7-6(11(13)14)5-10(2)8-7/h5,12H,3-4H2,1-2H3. The van der Waals surface area contributed by atoms with Gasteiger partial charge in [0.1, 0.15) is 6.20 Å². The van der Waals surface area contributed by atoms with Crippen molar-refractivity contribution in [3.63, 3.8) is 0 Å². The number of likely N-dealkylation sites (N-methyl/N-ethyl adjacent to an activating group) is 1. The van der Waals surface area contributed by atoms with E-state index in [1.165, 1.54) is 15.8 Å². The van der Waals surface area contributed by atoms with Gasteiger partial charge in [-0.05, 0) is 0 Å². The van der Waals surface area contributed by atoms with Crippen molar-refractivity contribution in [2.75, 3.05) is 25.1 Å². The molecule has 7 heteroatoms. The maximum absolute atomic E-state index is 10.6. The molecule has 0 saturated heterocycles. The van der Waals surface area contributed by atoms with E-state index in [4.69, 9.17) is 5.11 Å². The fourth-order valence-electron chi connectivity index (χ4n) is 1.12. The number of hydrogen-bond acceptors (Lipinski definition) is 5. The van der Waals surface area contributed by atoms with Crippen LogP contribution in [0.4, 0.5) is 11.5 Å². The molecule has 78 valence electrons. The van der Waals surface area contributed by atoms with Crippen LogP contribution in [0, 0.1) is 10.1 Å². The van der Waals surface area contributed by atoms with E-state index >= 15 is 0 Å². The van der Waals surface area contributed by atoms with Gasteiger partial charge in [0.25, 0.3) is 0 Å². The van der Waals surface area contributed by atoms with E-state index in [9.17, 15) is 10.1 Å². The molecule has 0 aliphatic rings. The lowest BCUT2D eigenvalue weighted by atomic mass is 10.4. The number of nitrogens with zero attached hydrogens (tertiary/aromatic N) is 4. The van der Waals surface area contributed by atoms with Crippen molar-refractivity contribution in [2.45, 2.75) is 0 Å². The number of anilines is 1. The van der Waals surface area contributed by atoms with Crippen LogP contribution in [0.1, 0.15) is 0 Å². The van der Waals surface area contributed by atoms with Crippen molar-refractivity contribution in [1.29, 1.82) is 0 Å². The van der Waals surface area contributed by atoms with Crippen LogP contribution in [0.15, 0.2) is 6.20 Å². The van der Waals surface area contributed by atoms with Gasteiger partial charge in [-0.25, -0.2) is 0 Å². The summed E-state index contributed by atoms with van der Waals surface area (Å²) < 4.78 is 1.38. The van der Waals surface area contributed by atoms with Gasteiger partial charge in [-0.2, -0.15) is 0 Å². The number of hydrogen-bond donors (Lipinski definition) is 1. The SMILES string of the molecule is CN(CCO)c1nn(C)cc1[N+](=O)[O-]. The van der Waals surface area contributed by atoms with Crippen molar-refractivity contribution in [2.24, 2.45) is 7.05 Å². The molecular formula is C7H12N4O3. The van der Waals surface area contributed by atoms with Gasteiger partial charge in [-0.1, -0.05) is 0 Å². The van der Waals surface area contributed by atoms with Crippen LogP contribution in [0.5, 0.6) is 0 Å². The molecule has 7 nitrogen and oxygen atoms in total. The van der Waals surface area contributed by atoms with Crippen LogP contribution >= 0.6 is 0 Å². The van der Waals surface area contributed by atoms with Crippen LogP contribution in [-0.4, -0.2) is 40.0 Å². The van der Waals surface area contributed by atoms with E-state index in [0.717, 1.165) is 0 Å². The third-order valence-electron chi connectivity index (χ3n) is 1.78. The number of nitro groups is 1. The molecule has 1 aromatic heterocycles. The quantitative estimate of drug-likeness (QED) is 0.535. The summed E-state index contributed by atoms with van der Waals surface area (Å²) in [6.07, 6.45) is 1.34. The minimum Gasteiger partial charge on any atom is -0.395 e. The molecule has 0 unspecified atom stereocenters. The lowest BCUT2D eigenvalue weighted by Gasteiger charge is -2.12. The summed E-state index contributed by atoms with van der Waals surface area (Å²) in [6.45, 7) is 0.252. The Labute approximate surface area is 80.7 Å². The summed E-state index contributed by atoms with van der Waals surface area (Å²) >= 11 is 0. The summed E-state index contributed by atoms with van der Waals surface area (Å²) in [5.41, 5.74) is -0.0524. The van der Waals surface area contributed by atoms with Crippen molar-refractivity contribution >= 4 is 11.5 Å². The first-order valence-corrected chi connectivity index (χ1v) is 4.06. The monoisotopic (exact) mass is 200 g/mol. The second-order valence-corrected chi connectivity index (χ2v) is 2.91. The minimum atomic E-state index is -0.490. The molecule has 0 atom stereocenters. The van der Waals surface area contributed by atoms with Gasteiger partial charge in [-0.3, -0.25) is 14.8 Å². The predicted octanol–water partition coefficient (Wildman–Crippen LogP) is -0.243. The van der Waals surface area contributed by atoms with Crippen LogP contribution in [-0.2, 0) is 7.05 Å². The van der Waals surface area contributed by atoms with E-state index in [-0.39, 0.29) is 18.1 Å². The first-order chi connectivity index (χ1) is 6.56. The molecule has 1 aromatic rings. The fraction of sp³-hybridized carbons (Fsp3) is 0.571. The molecule has 0 saturated carbocycles. The highest BCUT2D eigenvalue weighted by atomic mass is 16.6. The van der Waals surface area contributed by atoms with Gasteiger partial charge >= 0.3 is 5.69 Å². The fourth-order valence-corrected chi connectivity index (χ4v) is 1.12. The van der Waals surface area contributed by atoms with E-state index in [1.54, 1.807) is 14.1 Å². The van der Waals surface area contributed by atoms with Crippen molar-refractivity contribution in [3.8, 4) is 0 Å². The Morgan fingerprint density at radius 1 is 1.79 bits per heavy atom. The Balaban J connectivity index is 3.00. The zero-order valence-electron chi connectivity index (χ0n) is 8.04. The average Bonchev–Trinajstić information content (AvgIpc) is 2.48. The zero-order chi connectivity index (χ0) is 10.7. The molecule has 0 amide bonds. The van der Waals surface area contributed by atoms with Crippen LogP contribution < -0.4 is 4.90 Å². The van der Waals surface area contributed by atoms with E-state index in [0.29, 0.717) is 6.54 Å². The molecule has 1 heterocycles. The smallest absolute Gasteiger partial charge is 0.330 e. The molecule has 0 bridgehead atoms. The van der Waals surface area contributed by atoms with Gasteiger partial charge < -0.3 is 10.0 Å². The average molecular weight is 200 g/mol. The molecule has 1 rings (SSSR count). The molecule has 1 N–H and O–H groups in total. The van der Waals surface area contributed by atoms with Gasteiger partial charge in [-0.15, -0.1) is 5.10 Å². The second-order valence-electron chi connectivity index (χ2n) is 2.91. The van der Waals surface area contributed by atoms with E-state index < -0.39 is 4.92 Å². The summed E-state index contributed by atoms with van der Waals surface area (Å²) in [7, 11) is 3.26. The molecule has 0 aromatic carbocycles. The Hall–Kier alpha value is -1.63. The van der Waals surface area contributed by atoms with Gasteiger partial charge in [0.15, 0.2) is 0 Å². The topological polar surface area (TPSA) is 84.4 Å². The van der Waals surface area contributed by atoms with Gasteiger partial charge in [0.2, 0.25) is 5.82 Å². The Morgan fingerprint density at radius 3 is 2.93 bits per heavy atom. The molecule has 0 radical (unpaired) electrons. The third kappa shape index (κ3) is 1.99. The van der Waals surface area contributed by atoms with E-state index in [2.05, 4.69) is 5.10 Å². The number of aryl methyl sites for hydroxylation is 1. The van der Waals surface area contributed by atoms with Gasteiger partial charge in [0.05, 0.1) is 11.5 Å². The zero-order valence-corrected chi connectivity index (χ0v) is 8.04. The summed E-state index contributed by atoms with van der Waals surface area (Å²) in [5, 5.41) is 23.2. The highest BCUT2D eigenvalue weighted by molar-refractivity contribution is 5.56. The molecular weight excluding hydrogens is 188 g/mol. The van der Waals surface area contributed by atoms with Crippen molar-refractivity contribution < 1.29 is 10.0 Å². The van der Waals surface area contributed by atoms with Crippen molar-refractivity contribution in [1.82, 2.24) is 9.78 Å². The number of aliphatic hydroxyl groups is 1. The molecule has 0 aliphatic carbocycles. The first-order valence-electron chi connectivity index (χ1n) is 4.06. The summed E-state index contributed by atoms with van der Waals surface area (Å²) in [4.78, 5) is 11.7. The first kappa shape index (κ1) is 10.5. The maximum Gasteiger partial charge on any atom is 0.330 e. The normalized spacial score (nSPS) is 10.2. The van der Waals surface area contributed by atoms with Crippen molar-refractivity contribution in [3.05, 3.63) is 16.3 Å². The third-order valence-corrected chi connectivity index (χ3v) is 1.78. The number of aromatic nitrogens is 2. The number of aliphatic hydroxyl groups excluding tert-OH is 1. The Kier molecular flexibility index (Phi) is 3.03. The minimum absolute atomic E-state index is 0.0524. The highest BCUT2D eigenvalue weighted by Crippen LogP contribution is 2.24. The lowest BCUT2D eigenvalue weighted by molar-refractivity contribution is -0.384. The largest absolute Gasteiger partial charge is 0.395 e. The summed E-state index contributed by atoms with van der Waals surface area (Å²) in [5.74, 6) is 0.270. The van der Waals surface area contributed by atoms with Gasteiger partial charge in [0, 0.05) is 20.6 Å². The highest BCUT2D eigenvalue weighted by Gasteiger charge is 2.21. The van der Waals surface area contributed by atoms with Crippen LogP contribution in [0.2, 0.25) is 0 Å². The van der Waals surface area contributed by atoms with Crippen LogP contribution in [0.3, 0.4) is 0 Å². The predicted molar refractivity (Wildman–Crippen MR) is 50.2 cm³/mol. The van der Waals surface area contributed by atoms with E-state index in [1.807, 2.05) is 0 Å². The second kappa shape index (κ2) is 4.05.